The number of benzene rings is 2. The fourth-order valence-corrected chi connectivity index (χ4v) is 2.08. The molecular weight excluding hydrogens is 268 g/mol. The van der Waals surface area contributed by atoms with Gasteiger partial charge in [-0.15, -0.1) is 0 Å². The van der Waals surface area contributed by atoms with E-state index in [0.29, 0.717) is 17.5 Å². The molecule has 0 saturated heterocycles. The van der Waals surface area contributed by atoms with Crippen molar-refractivity contribution in [3.05, 3.63) is 70.8 Å². The normalized spacial score (nSPS) is 10.0. The third-order valence-corrected chi connectivity index (χ3v) is 3.19. The Morgan fingerprint density at radius 1 is 0.857 bits per heavy atom. The SMILES string of the molecule is COC(=O)c1ccc(Cc2ccccc2C(=O)OC)cc1. The molecule has 21 heavy (non-hydrogen) atoms. The largest absolute Gasteiger partial charge is 0.465 e. The monoisotopic (exact) mass is 284 g/mol. The molecule has 2 aromatic rings. The maximum Gasteiger partial charge on any atom is 0.338 e. The molecule has 0 unspecified atom stereocenters. The average molecular weight is 284 g/mol. The quantitative estimate of drug-likeness (QED) is 0.810. The van der Waals surface area contributed by atoms with Crippen LogP contribution in [-0.4, -0.2) is 26.2 Å². The number of carbonyl (C=O) groups excluding carboxylic acids is 2. The van der Waals surface area contributed by atoms with E-state index in [2.05, 4.69) is 4.74 Å². The molecule has 4 nitrogen and oxygen atoms in total. The molecule has 0 atom stereocenters. The molecule has 0 bridgehead atoms. The minimum absolute atomic E-state index is 0.350. The minimum atomic E-state index is -0.364. The van der Waals surface area contributed by atoms with Crippen molar-refractivity contribution in [1.29, 1.82) is 0 Å². The molecule has 0 aliphatic rings. The molecule has 0 fully saturated rings. The lowest BCUT2D eigenvalue weighted by molar-refractivity contribution is 0.0591. The molecule has 0 amide bonds. The minimum Gasteiger partial charge on any atom is -0.465 e. The Labute approximate surface area is 123 Å². The van der Waals surface area contributed by atoms with E-state index in [4.69, 9.17) is 4.74 Å². The fourth-order valence-electron chi connectivity index (χ4n) is 2.08. The molecule has 0 spiro atoms. The highest BCUT2D eigenvalue weighted by molar-refractivity contribution is 5.91. The number of ether oxygens (including phenoxy) is 2. The third-order valence-electron chi connectivity index (χ3n) is 3.19. The van der Waals surface area contributed by atoms with Crippen molar-refractivity contribution in [3.63, 3.8) is 0 Å². The van der Waals surface area contributed by atoms with Crippen molar-refractivity contribution in [1.82, 2.24) is 0 Å². The van der Waals surface area contributed by atoms with E-state index in [9.17, 15) is 9.59 Å². The lowest BCUT2D eigenvalue weighted by Crippen LogP contribution is -2.06. The van der Waals surface area contributed by atoms with Crippen LogP contribution in [0, 0.1) is 0 Å². The summed E-state index contributed by atoms with van der Waals surface area (Å²) in [4.78, 5) is 23.1. The van der Waals surface area contributed by atoms with Crippen LogP contribution >= 0.6 is 0 Å². The zero-order valence-corrected chi connectivity index (χ0v) is 12.0. The van der Waals surface area contributed by atoms with Crippen molar-refractivity contribution < 1.29 is 19.1 Å². The second-order valence-corrected chi connectivity index (χ2v) is 4.51. The summed E-state index contributed by atoms with van der Waals surface area (Å²) < 4.78 is 9.44. The number of hydrogen-bond donors (Lipinski definition) is 0. The van der Waals surface area contributed by atoms with Crippen LogP contribution in [0.15, 0.2) is 48.5 Å². The summed E-state index contributed by atoms with van der Waals surface area (Å²) in [5.74, 6) is -0.715. The first-order valence-electron chi connectivity index (χ1n) is 6.49. The summed E-state index contributed by atoms with van der Waals surface area (Å²) in [5, 5.41) is 0. The van der Waals surface area contributed by atoms with Gasteiger partial charge in [-0.25, -0.2) is 9.59 Å². The van der Waals surface area contributed by atoms with Crippen LogP contribution in [0.5, 0.6) is 0 Å². The van der Waals surface area contributed by atoms with Gasteiger partial charge in [0.2, 0.25) is 0 Å². The number of rotatable bonds is 4. The Morgan fingerprint density at radius 3 is 2.10 bits per heavy atom. The molecule has 0 N–H and O–H groups in total. The van der Waals surface area contributed by atoms with Crippen LogP contribution < -0.4 is 0 Å². The maximum absolute atomic E-state index is 11.7. The van der Waals surface area contributed by atoms with Crippen molar-refractivity contribution in [2.45, 2.75) is 6.42 Å². The van der Waals surface area contributed by atoms with Gasteiger partial charge < -0.3 is 9.47 Å². The van der Waals surface area contributed by atoms with Gasteiger partial charge in [0.25, 0.3) is 0 Å². The van der Waals surface area contributed by atoms with E-state index >= 15 is 0 Å². The predicted octanol–water partition coefficient (Wildman–Crippen LogP) is 2.85. The molecule has 2 rings (SSSR count). The summed E-state index contributed by atoms with van der Waals surface area (Å²) in [6, 6.07) is 14.4. The summed E-state index contributed by atoms with van der Waals surface area (Å²) in [7, 11) is 2.72. The summed E-state index contributed by atoms with van der Waals surface area (Å²) in [6.07, 6.45) is 0.590. The van der Waals surface area contributed by atoms with Gasteiger partial charge >= 0.3 is 11.9 Å². The first-order chi connectivity index (χ1) is 10.2. The van der Waals surface area contributed by atoms with Crippen molar-refractivity contribution >= 4 is 11.9 Å². The Bertz CT molecular complexity index is 644. The highest BCUT2D eigenvalue weighted by atomic mass is 16.5. The molecule has 0 aliphatic heterocycles. The van der Waals surface area contributed by atoms with Gasteiger partial charge in [0, 0.05) is 0 Å². The van der Waals surface area contributed by atoms with Gasteiger partial charge in [0.1, 0.15) is 0 Å². The van der Waals surface area contributed by atoms with E-state index in [1.54, 1.807) is 24.3 Å². The standard InChI is InChI=1S/C17H16O4/c1-20-16(18)13-9-7-12(8-10-13)11-14-5-3-4-6-15(14)17(19)21-2/h3-10H,11H2,1-2H3. The molecule has 0 aromatic heterocycles. The summed E-state index contributed by atoms with van der Waals surface area (Å²) >= 11 is 0. The van der Waals surface area contributed by atoms with E-state index in [0.717, 1.165) is 11.1 Å². The molecule has 108 valence electrons. The Hall–Kier alpha value is -2.62. The van der Waals surface area contributed by atoms with Gasteiger partial charge in [-0.2, -0.15) is 0 Å². The van der Waals surface area contributed by atoms with Gasteiger partial charge in [-0.3, -0.25) is 0 Å². The smallest absolute Gasteiger partial charge is 0.338 e. The first kappa shape index (κ1) is 14.8. The maximum atomic E-state index is 11.7. The highest BCUT2D eigenvalue weighted by Crippen LogP contribution is 2.16. The van der Waals surface area contributed by atoms with Crippen LogP contribution in [0.25, 0.3) is 0 Å². The van der Waals surface area contributed by atoms with E-state index in [1.165, 1.54) is 14.2 Å². The van der Waals surface area contributed by atoms with Crippen LogP contribution in [-0.2, 0) is 15.9 Å². The van der Waals surface area contributed by atoms with Crippen molar-refractivity contribution in [2.24, 2.45) is 0 Å². The first-order valence-corrected chi connectivity index (χ1v) is 6.49. The average Bonchev–Trinajstić information content (AvgIpc) is 2.54. The zero-order chi connectivity index (χ0) is 15.2. The lowest BCUT2D eigenvalue weighted by Gasteiger charge is -2.08. The topological polar surface area (TPSA) is 52.6 Å². The number of hydrogen-bond acceptors (Lipinski definition) is 4. The highest BCUT2D eigenvalue weighted by Gasteiger charge is 2.11. The van der Waals surface area contributed by atoms with E-state index in [-0.39, 0.29) is 11.9 Å². The number of carbonyl (C=O) groups is 2. The summed E-state index contributed by atoms with van der Waals surface area (Å²) in [5.41, 5.74) is 2.94. The van der Waals surface area contributed by atoms with Crippen LogP contribution in [0.3, 0.4) is 0 Å². The second-order valence-electron chi connectivity index (χ2n) is 4.51. The predicted molar refractivity (Wildman–Crippen MR) is 78.4 cm³/mol. The van der Waals surface area contributed by atoms with Gasteiger partial charge in [-0.1, -0.05) is 30.3 Å². The second kappa shape index (κ2) is 6.70. The molecule has 0 aliphatic carbocycles. The lowest BCUT2D eigenvalue weighted by atomic mass is 9.99. The van der Waals surface area contributed by atoms with Crippen molar-refractivity contribution in [3.8, 4) is 0 Å². The Balaban J connectivity index is 2.23. The third kappa shape index (κ3) is 3.48. The number of esters is 2. The van der Waals surface area contributed by atoms with Gasteiger partial charge in [0.15, 0.2) is 0 Å². The van der Waals surface area contributed by atoms with Gasteiger partial charge in [0.05, 0.1) is 25.3 Å². The molecule has 0 heterocycles. The molecular formula is C17H16O4. The number of methoxy groups -OCH3 is 2. The molecule has 0 saturated carbocycles. The van der Waals surface area contributed by atoms with E-state index in [1.807, 2.05) is 24.3 Å². The molecule has 0 radical (unpaired) electrons. The van der Waals surface area contributed by atoms with Gasteiger partial charge in [-0.05, 0) is 35.7 Å². The van der Waals surface area contributed by atoms with E-state index < -0.39 is 0 Å². The molecule has 4 heteroatoms. The van der Waals surface area contributed by atoms with Crippen LogP contribution in [0.1, 0.15) is 31.8 Å². The molecule has 2 aromatic carbocycles. The van der Waals surface area contributed by atoms with Crippen molar-refractivity contribution in [2.75, 3.05) is 14.2 Å². The summed E-state index contributed by atoms with van der Waals surface area (Å²) in [6.45, 7) is 0. The Morgan fingerprint density at radius 2 is 1.48 bits per heavy atom. The van der Waals surface area contributed by atoms with Crippen LogP contribution in [0.2, 0.25) is 0 Å². The van der Waals surface area contributed by atoms with Crippen LogP contribution in [0.4, 0.5) is 0 Å². The zero-order valence-electron chi connectivity index (χ0n) is 12.0. The Kier molecular flexibility index (Phi) is 4.72. The fraction of sp³-hybridized carbons (Fsp3) is 0.176.